The minimum atomic E-state index is -4.25. The van der Waals surface area contributed by atoms with E-state index in [1.807, 2.05) is 12.1 Å². The van der Waals surface area contributed by atoms with Crippen LogP contribution in [0.25, 0.3) is 0 Å². The van der Waals surface area contributed by atoms with Crippen LogP contribution in [-0.4, -0.2) is 32.0 Å². The van der Waals surface area contributed by atoms with Gasteiger partial charge in [-0.15, -0.1) is 0 Å². The number of ether oxygens (including phenoxy) is 1. The van der Waals surface area contributed by atoms with Gasteiger partial charge in [-0.2, -0.15) is 13.2 Å². The van der Waals surface area contributed by atoms with Crippen LogP contribution in [-0.2, 0) is 11.2 Å². The number of hydrogen-bond acceptors (Lipinski definition) is 2. The van der Waals surface area contributed by atoms with Gasteiger partial charge in [-0.3, -0.25) is 0 Å². The Kier molecular flexibility index (Phi) is 8.58. The fraction of sp³-hybridized carbons (Fsp3) is 0.600. The second-order valence-corrected chi connectivity index (χ2v) is 6.18. The van der Waals surface area contributed by atoms with Crippen molar-refractivity contribution in [3.63, 3.8) is 0 Å². The molecule has 0 bridgehead atoms. The Morgan fingerprint density at radius 3 is 2.48 bits per heavy atom. The molecule has 0 spiro atoms. The van der Waals surface area contributed by atoms with Crippen molar-refractivity contribution in [2.75, 3.05) is 19.8 Å². The Balaban J connectivity index is 2.41. The van der Waals surface area contributed by atoms with Crippen LogP contribution in [0, 0.1) is 3.57 Å². The number of halogens is 4. The van der Waals surface area contributed by atoms with Crippen LogP contribution < -0.4 is 5.32 Å². The molecule has 1 rings (SSSR count). The summed E-state index contributed by atoms with van der Waals surface area (Å²) in [6.45, 7) is 1.87. The summed E-state index contributed by atoms with van der Waals surface area (Å²) in [5.41, 5.74) is 1.18. The molecular weight excluding hydrogens is 394 g/mol. The Labute approximate surface area is 137 Å². The highest BCUT2D eigenvalue weighted by molar-refractivity contribution is 14.1. The maximum Gasteiger partial charge on any atom is 0.411 e. The van der Waals surface area contributed by atoms with Gasteiger partial charge in [0, 0.05) is 16.2 Å². The van der Waals surface area contributed by atoms with Gasteiger partial charge in [0.05, 0.1) is 0 Å². The van der Waals surface area contributed by atoms with Crippen molar-refractivity contribution >= 4 is 22.6 Å². The van der Waals surface area contributed by atoms with Crippen molar-refractivity contribution in [1.29, 1.82) is 0 Å². The zero-order valence-corrected chi connectivity index (χ0v) is 14.2. The fourth-order valence-electron chi connectivity index (χ4n) is 1.94. The van der Waals surface area contributed by atoms with Crippen molar-refractivity contribution in [2.45, 2.75) is 38.4 Å². The van der Waals surface area contributed by atoms with Crippen LogP contribution in [0.1, 0.15) is 25.3 Å². The van der Waals surface area contributed by atoms with Crippen LogP contribution in [0.4, 0.5) is 13.2 Å². The highest BCUT2D eigenvalue weighted by atomic mass is 127. The molecule has 1 N–H and O–H groups in total. The molecule has 0 aliphatic rings. The van der Waals surface area contributed by atoms with Gasteiger partial charge < -0.3 is 10.1 Å². The van der Waals surface area contributed by atoms with E-state index in [1.54, 1.807) is 0 Å². The predicted octanol–water partition coefficient (Wildman–Crippen LogP) is 4.17. The van der Waals surface area contributed by atoms with Gasteiger partial charge in [0.25, 0.3) is 0 Å². The van der Waals surface area contributed by atoms with Crippen LogP contribution in [0.5, 0.6) is 0 Å². The maximum absolute atomic E-state index is 12.0. The zero-order valence-electron chi connectivity index (χ0n) is 12.0. The van der Waals surface area contributed by atoms with E-state index in [9.17, 15) is 13.2 Å². The largest absolute Gasteiger partial charge is 0.411 e. The van der Waals surface area contributed by atoms with Crippen molar-refractivity contribution in [3.8, 4) is 0 Å². The third kappa shape index (κ3) is 9.31. The average molecular weight is 415 g/mol. The Bertz CT molecular complexity index is 395. The molecule has 1 atom stereocenters. The van der Waals surface area contributed by atoms with E-state index < -0.39 is 12.8 Å². The smallest absolute Gasteiger partial charge is 0.372 e. The minimum Gasteiger partial charge on any atom is -0.372 e. The van der Waals surface area contributed by atoms with E-state index >= 15 is 0 Å². The molecule has 2 nitrogen and oxygen atoms in total. The van der Waals surface area contributed by atoms with Crippen molar-refractivity contribution in [2.24, 2.45) is 0 Å². The summed E-state index contributed by atoms with van der Waals surface area (Å²) in [6.07, 6.45) is -1.89. The molecular formula is C15H21F3INO. The first-order chi connectivity index (χ1) is 9.90. The zero-order chi connectivity index (χ0) is 15.7. The van der Waals surface area contributed by atoms with Crippen molar-refractivity contribution in [3.05, 3.63) is 33.4 Å². The van der Waals surface area contributed by atoms with Crippen LogP contribution >= 0.6 is 22.6 Å². The lowest BCUT2D eigenvalue weighted by Gasteiger charge is -2.19. The summed E-state index contributed by atoms with van der Waals surface area (Å²) in [5.74, 6) is 0. The first kappa shape index (κ1) is 18.7. The summed E-state index contributed by atoms with van der Waals surface area (Å²) >= 11 is 2.25. The number of benzene rings is 1. The topological polar surface area (TPSA) is 21.3 Å². The van der Waals surface area contributed by atoms with Gasteiger partial charge in [0.1, 0.15) is 6.61 Å². The molecule has 0 saturated carbocycles. The summed E-state index contributed by atoms with van der Waals surface area (Å²) in [7, 11) is 0. The third-order valence-corrected chi connectivity index (χ3v) is 3.67. The molecule has 0 aromatic heterocycles. The fourth-order valence-corrected chi connectivity index (χ4v) is 2.30. The maximum atomic E-state index is 12.0. The number of rotatable bonds is 9. The molecule has 0 saturated heterocycles. The standard InChI is InChI=1S/C15H21F3INO/c1-2-8-20-14(7-9-21-11-15(16,17)18)10-12-3-5-13(19)6-4-12/h3-6,14,20H,2,7-11H2,1H3. The number of alkyl halides is 3. The van der Waals surface area contributed by atoms with E-state index in [0.717, 1.165) is 19.4 Å². The van der Waals surface area contributed by atoms with E-state index in [0.29, 0.717) is 6.42 Å². The summed E-state index contributed by atoms with van der Waals surface area (Å²) in [6, 6.07) is 8.32. The van der Waals surface area contributed by atoms with Gasteiger partial charge in [-0.05, 0) is 66.1 Å². The van der Waals surface area contributed by atoms with E-state index in [-0.39, 0.29) is 12.6 Å². The van der Waals surface area contributed by atoms with E-state index in [4.69, 9.17) is 4.74 Å². The van der Waals surface area contributed by atoms with Gasteiger partial charge in [-0.25, -0.2) is 0 Å². The highest BCUT2D eigenvalue weighted by Gasteiger charge is 2.27. The first-order valence-corrected chi connectivity index (χ1v) is 8.11. The van der Waals surface area contributed by atoms with Gasteiger partial charge in [-0.1, -0.05) is 19.1 Å². The summed E-state index contributed by atoms with van der Waals surface area (Å²) in [5, 5.41) is 3.37. The average Bonchev–Trinajstić information content (AvgIpc) is 2.42. The molecule has 0 fully saturated rings. The SMILES string of the molecule is CCCNC(CCOCC(F)(F)F)Cc1ccc(I)cc1. The minimum absolute atomic E-state index is 0.116. The quantitative estimate of drug-likeness (QED) is 0.483. The lowest BCUT2D eigenvalue weighted by atomic mass is 10.0. The third-order valence-electron chi connectivity index (χ3n) is 2.95. The van der Waals surface area contributed by atoms with Gasteiger partial charge >= 0.3 is 6.18 Å². The molecule has 1 unspecified atom stereocenters. The Hall–Kier alpha value is -0.340. The molecule has 0 amide bonds. The van der Waals surface area contributed by atoms with Gasteiger partial charge in [0.15, 0.2) is 0 Å². The molecule has 6 heteroatoms. The molecule has 0 heterocycles. The van der Waals surface area contributed by atoms with Crippen LogP contribution in [0.2, 0.25) is 0 Å². The Morgan fingerprint density at radius 2 is 1.90 bits per heavy atom. The summed E-state index contributed by atoms with van der Waals surface area (Å²) < 4.78 is 41.9. The molecule has 0 radical (unpaired) electrons. The van der Waals surface area contributed by atoms with Crippen LogP contribution in [0.3, 0.4) is 0 Å². The van der Waals surface area contributed by atoms with Crippen molar-refractivity contribution in [1.82, 2.24) is 5.32 Å². The monoisotopic (exact) mass is 415 g/mol. The molecule has 1 aromatic rings. The first-order valence-electron chi connectivity index (χ1n) is 7.03. The number of nitrogens with one attached hydrogen (secondary N) is 1. The lowest BCUT2D eigenvalue weighted by molar-refractivity contribution is -0.174. The predicted molar refractivity (Wildman–Crippen MR) is 86.4 cm³/mol. The van der Waals surface area contributed by atoms with Gasteiger partial charge in [0.2, 0.25) is 0 Å². The molecule has 120 valence electrons. The lowest BCUT2D eigenvalue weighted by Crippen LogP contribution is -2.33. The summed E-state index contributed by atoms with van der Waals surface area (Å²) in [4.78, 5) is 0. The normalized spacial score (nSPS) is 13.4. The van der Waals surface area contributed by atoms with E-state index in [1.165, 1.54) is 9.13 Å². The molecule has 21 heavy (non-hydrogen) atoms. The molecule has 1 aromatic carbocycles. The van der Waals surface area contributed by atoms with Crippen LogP contribution in [0.15, 0.2) is 24.3 Å². The second-order valence-electron chi connectivity index (χ2n) is 4.94. The second kappa shape index (κ2) is 9.63. The Morgan fingerprint density at radius 1 is 1.24 bits per heavy atom. The highest BCUT2D eigenvalue weighted by Crippen LogP contribution is 2.15. The van der Waals surface area contributed by atoms with E-state index in [2.05, 4.69) is 47.0 Å². The van der Waals surface area contributed by atoms with Crippen molar-refractivity contribution < 1.29 is 17.9 Å². The molecule has 0 aliphatic carbocycles. The number of hydrogen-bond donors (Lipinski definition) is 1. The molecule has 0 aliphatic heterocycles.